The molecule has 3 N–H and O–H groups in total. The highest BCUT2D eigenvalue weighted by molar-refractivity contribution is 7.90. The lowest BCUT2D eigenvalue weighted by atomic mass is 9.73. The minimum Gasteiger partial charge on any atom is -0.481 e. The summed E-state index contributed by atoms with van der Waals surface area (Å²) in [6, 6.07) is 5.96. The summed E-state index contributed by atoms with van der Waals surface area (Å²) in [4.78, 5) is 11.3. The smallest absolute Gasteiger partial charge is 0.304 e. The topological polar surface area (TPSA) is 97.5 Å². The fourth-order valence-electron chi connectivity index (χ4n) is 2.29. The van der Waals surface area contributed by atoms with Crippen LogP contribution >= 0.6 is 0 Å². The van der Waals surface area contributed by atoms with Crippen LogP contribution < -0.4 is 5.73 Å². The van der Waals surface area contributed by atoms with Crippen molar-refractivity contribution in [3.63, 3.8) is 0 Å². The van der Waals surface area contributed by atoms with Crippen LogP contribution in [0.15, 0.2) is 29.2 Å². The maximum atomic E-state index is 11.4. The Hall–Kier alpha value is -1.40. The van der Waals surface area contributed by atoms with E-state index in [-0.39, 0.29) is 17.4 Å². The first-order chi connectivity index (χ1) is 9.11. The molecule has 0 amide bonds. The van der Waals surface area contributed by atoms with Gasteiger partial charge in [0, 0.05) is 17.7 Å². The molecule has 2 atom stereocenters. The van der Waals surface area contributed by atoms with Crippen LogP contribution in [0.4, 0.5) is 0 Å². The second-order valence-corrected chi connectivity index (χ2v) is 7.32. The number of sulfone groups is 1. The summed E-state index contributed by atoms with van der Waals surface area (Å²) >= 11 is 0. The van der Waals surface area contributed by atoms with E-state index in [0.29, 0.717) is 6.42 Å². The number of hydrogen-bond donors (Lipinski definition) is 2. The van der Waals surface area contributed by atoms with E-state index in [1.54, 1.807) is 19.1 Å². The SMILES string of the molecule is CCC(N)C(C)(CC(=O)O)c1ccc(S(C)(=O)=O)cc1. The first-order valence-corrected chi connectivity index (χ1v) is 8.28. The van der Waals surface area contributed by atoms with Crippen molar-refractivity contribution >= 4 is 15.8 Å². The normalized spacial score (nSPS) is 16.4. The van der Waals surface area contributed by atoms with Gasteiger partial charge in [-0.15, -0.1) is 0 Å². The van der Waals surface area contributed by atoms with Gasteiger partial charge in [0.05, 0.1) is 11.3 Å². The van der Waals surface area contributed by atoms with E-state index in [0.717, 1.165) is 11.8 Å². The Bertz CT molecular complexity index is 580. The van der Waals surface area contributed by atoms with E-state index in [1.165, 1.54) is 12.1 Å². The van der Waals surface area contributed by atoms with Crippen molar-refractivity contribution in [2.24, 2.45) is 5.73 Å². The van der Waals surface area contributed by atoms with E-state index in [2.05, 4.69) is 0 Å². The van der Waals surface area contributed by atoms with Gasteiger partial charge >= 0.3 is 5.97 Å². The van der Waals surface area contributed by atoms with Crippen LogP contribution in [0.1, 0.15) is 32.3 Å². The molecule has 0 bridgehead atoms. The van der Waals surface area contributed by atoms with Crippen molar-refractivity contribution in [1.82, 2.24) is 0 Å². The molecule has 0 heterocycles. The number of rotatable bonds is 6. The maximum absolute atomic E-state index is 11.4. The van der Waals surface area contributed by atoms with Crippen LogP contribution in [0.25, 0.3) is 0 Å². The van der Waals surface area contributed by atoms with Gasteiger partial charge in [-0.2, -0.15) is 0 Å². The Labute approximate surface area is 119 Å². The van der Waals surface area contributed by atoms with Gasteiger partial charge in [-0.3, -0.25) is 4.79 Å². The van der Waals surface area contributed by atoms with Crippen molar-refractivity contribution in [3.05, 3.63) is 29.8 Å². The van der Waals surface area contributed by atoms with E-state index in [4.69, 9.17) is 10.8 Å². The van der Waals surface area contributed by atoms with Gasteiger partial charge in [-0.25, -0.2) is 8.42 Å². The molecule has 0 aliphatic heterocycles. The van der Waals surface area contributed by atoms with Crippen LogP contribution in [0.2, 0.25) is 0 Å². The molecule has 1 aromatic carbocycles. The lowest BCUT2D eigenvalue weighted by molar-refractivity contribution is -0.138. The summed E-state index contributed by atoms with van der Waals surface area (Å²) in [5.41, 5.74) is 6.09. The number of hydrogen-bond acceptors (Lipinski definition) is 4. The third-order valence-electron chi connectivity index (χ3n) is 3.72. The summed E-state index contributed by atoms with van der Waals surface area (Å²) in [5.74, 6) is -0.927. The zero-order chi connectivity index (χ0) is 15.6. The Kier molecular flexibility index (Phi) is 4.94. The second-order valence-electron chi connectivity index (χ2n) is 5.30. The van der Waals surface area contributed by atoms with E-state index in [9.17, 15) is 13.2 Å². The molecule has 0 aromatic heterocycles. The number of benzene rings is 1. The Morgan fingerprint density at radius 1 is 1.35 bits per heavy atom. The molecule has 20 heavy (non-hydrogen) atoms. The molecule has 5 nitrogen and oxygen atoms in total. The average molecular weight is 299 g/mol. The Morgan fingerprint density at radius 2 is 1.85 bits per heavy atom. The molecular weight excluding hydrogens is 278 g/mol. The highest BCUT2D eigenvalue weighted by atomic mass is 32.2. The predicted octanol–water partition coefficient (Wildman–Crippen LogP) is 1.56. The van der Waals surface area contributed by atoms with Crippen LogP contribution in [0.3, 0.4) is 0 Å². The molecule has 0 saturated heterocycles. The molecule has 1 rings (SSSR count). The number of nitrogens with two attached hydrogens (primary N) is 1. The predicted molar refractivity (Wildman–Crippen MR) is 77.4 cm³/mol. The van der Waals surface area contributed by atoms with Crippen LogP contribution in [0.5, 0.6) is 0 Å². The van der Waals surface area contributed by atoms with Crippen LogP contribution in [0, 0.1) is 0 Å². The largest absolute Gasteiger partial charge is 0.481 e. The van der Waals surface area contributed by atoms with E-state index >= 15 is 0 Å². The van der Waals surface area contributed by atoms with Crippen molar-refractivity contribution in [2.75, 3.05) is 6.26 Å². The number of carboxylic acid groups (broad SMARTS) is 1. The van der Waals surface area contributed by atoms with Gasteiger partial charge in [-0.1, -0.05) is 26.0 Å². The zero-order valence-electron chi connectivity index (χ0n) is 12.0. The van der Waals surface area contributed by atoms with Gasteiger partial charge in [0.15, 0.2) is 9.84 Å². The summed E-state index contributed by atoms with van der Waals surface area (Å²) in [7, 11) is -3.26. The standard InChI is InChI=1S/C14H21NO4S/c1-4-12(15)14(2,9-13(16)17)10-5-7-11(8-6-10)20(3,18)19/h5-8,12H,4,9,15H2,1-3H3,(H,16,17). The van der Waals surface area contributed by atoms with Crippen LogP contribution in [-0.4, -0.2) is 31.8 Å². The summed E-state index contributed by atoms with van der Waals surface area (Å²) in [5, 5.41) is 9.09. The third-order valence-corrected chi connectivity index (χ3v) is 4.85. The third kappa shape index (κ3) is 3.58. The highest BCUT2D eigenvalue weighted by Gasteiger charge is 2.35. The molecule has 2 unspecified atom stereocenters. The van der Waals surface area contributed by atoms with Crippen molar-refractivity contribution in [2.45, 2.75) is 43.0 Å². The quantitative estimate of drug-likeness (QED) is 0.830. The molecule has 0 fully saturated rings. The molecule has 0 saturated carbocycles. The van der Waals surface area contributed by atoms with Crippen molar-refractivity contribution < 1.29 is 18.3 Å². The highest BCUT2D eigenvalue weighted by Crippen LogP contribution is 2.32. The summed E-state index contributed by atoms with van der Waals surface area (Å²) < 4.78 is 22.9. The average Bonchev–Trinajstić information content (AvgIpc) is 2.36. The van der Waals surface area contributed by atoms with Gasteiger partial charge in [-0.05, 0) is 24.1 Å². The summed E-state index contributed by atoms with van der Waals surface area (Å²) in [6.45, 7) is 3.69. The van der Waals surface area contributed by atoms with E-state index < -0.39 is 21.2 Å². The second kappa shape index (κ2) is 5.93. The zero-order valence-corrected chi connectivity index (χ0v) is 12.8. The maximum Gasteiger partial charge on any atom is 0.304 e. The number of aliphatic carboxylic acids is 1. The molecular formula is C14H21NO4S. The summed E-state index contributed by atoms with van der Waals surface area (Å²) in [6.07, 6.45) is 1.67. The Balaban J connectivity index is 3.25. The number of carbonyl (C=O) groups is 1. The fraction of sp³-hybridized carbons (Fsp3) is 0.500. The van der Waals surface area contributed by atoms with Gasteiger partial charge in [0.1, 0.15) is 0 Å². The van der Waals surface area contributed by atoms with Gasteiger partial charge in [0.25, 0.3) is 0 Å². The lowest BCUT2D eigenvalue weighted by Crippen LogP contribution is -2.44. The monoisotopic (exact) mass is 299 g/mol. The first-order valence-electron chi connectivity index (χ1n) is 6.39. The van der Waals surface area contributed by atoms with Crippen LogP contribution in [-0.2, 0) is 20.0 Å². The minimum atomic E-state index is -3.26. The molecule has 1 aromatic rings. The molecule has 112 valence electrons. The molecule has 0 aliphatic carbocycles. The minimum absolute atomic E-state index is 0.0970. The molecule has 0 aliphatic rings. The molecule has 0 spiro atoms. The van der Waals surface area contributed by atoms with Gasteiger partial charge < -0.3 is 10.8 Å². The molecule has 0 radical (unpaired) electrons. The Morgan fingerprint density at radius 3 is 2.20 bits per heavy atom. The van der Waals surface area contributed by atoms with Gasteiger partial charge in [0.2, 0.25) is 0 Å². The van der Waals surface area contributed by atoms with Crippen molar-refractivity contribution in [1.29, 1.82) is 0 Å². The number of carboxylic acids is 1. The molecule has 6 heteroatoms. The first kappa shape index (κ1) is 16.7. The van der Waals surface area contributed by atoms with E-state index in [1.807, 2.05) is 6.92 Å². The lowest BCUT2D eigenvalue weighted by Gasteiger charge is -2.34. The van der Waals surface area contributed by atoms with Crippen molar-refractivity contribution in [3.8, 4) is 0 Å². The fourth-order valence-corrected chi connectivity index (χ4v) is 2.93.